The van der Waals surface area contributed by atoms with E-state index < -0.39 is 11.6 Å². The highest BCUT2D eigenvalue weighted by Crippen LogP contribution is 2.26. The third-order valence-electron chi connectivity index (χ3n) is 2.65. The largest absolute Gasteiger partial charge is 0.488 e. The van der Waals surface area contributed by atoms with Crippen LogP contribution in [0.1, 0.15) is 11.1 Å². The molecule has 0 N–H and O–H groups in total. The summed E-state index contributed by atoms with van der Waals surface area (Å²) in [6, 6.07) is 7.58. The van der Waals surface area contributed by atoms with Gasteiger partial charge in [-0.05, 0) is 58.7 Å². The van der Waals surface area contributed by atoms with Crippen molar-refractivity contribution in [1.29, 1.82) is 0 Å². The summed E-state index contributed by atoms with van der Waals surface area (Å²) in [6.45, 7) is 1.63. The van der Waals surface area contributed by atoms with E-state index >= 15 is 0 Å². The Bertz CT molecular complexity index is 617. The van der Waals surface area contributed by atoms with E-state index in [-0.39, 0.29) is 16.6 Å². The average Bonchev–Trinajstić information content (AvgIpc) is 2.36. The molecule has 19 heavy (non-hydrogen) atoms. The highest BCUT2D eigenvalue weighted by atomic mass is 79.9. The molecule has 0 radical (unpaired) electrons. The molecule has 1 nitrogen and oxygen atoms in total. The molecule has 2 rings (SSSR count). The molecule has 0 bridgehead atoms. The fourth-order valence-electron chi connectivity index (χ4n) is 1.63. The van der Waals surface area contributed by atoms with E-state index in [9.17, 15) is 8.78 Å². The van der Waals surface area contributed by atoms with Crippen molar-refractivity contribution in [3.05, 3.63) is 62.6 Å². The van der Waals surface area contributed by atoms with Crippen molar-refractivity contribution in [2.45, 2.75) is 13.5 Å². The molecule has 100 valence electrons. The molecule has 0 saturated heterocycles. The minimum atomic E-state index is -0.647. The summed E-state index contributed by atoms with van der Waals surface area (Å²) in [5.41, 5.74) is 0.701. The minimum absolute atomic E-state index is 0.108. The molecular weight excluding hydrogens is 338 g/mol. The normalized spacial score (nSPS) is 10.6. The SMILES string of the molecule is Cc1cc(Cl)ccc1OCc1c(F)ccc(Br)c1F. The molecule has 0 aliphatic heterocycles. The Labute approximate surface area is 123 Å². The molecule has 0 heterocycles. The van der Waals surface area contributed by atoms with Crippen LogP contribution in [0.5, 0.6) is 5.75 Å². The van der Waals surface area contributed by atoms with Crippen molar-refractivity contribution in [2.24, 2.45) is 0 Å². The first-order chi connectivity index (χ1) is 8.99. The van der Waals surface area contributed by atoms with Gasteiger partial charge in [-0.2, -0.15) is 0 Å². The van der Waals surface area contributed by atoms with Crippen LogP contribution in [0.2, 0.25) is 5.02 Å². The molecular formula is C14H10BrClF2O. The van der Waals surface area contributed by atoms with Gasteiger partial charge in [0, 0.05) is 5.02 Å². The first-order valence-corrected chi connectivity index (χ1v) is 6.67. The molecule has 5 heteroatoms. The summed E-state index contributed by atoms with van der Waals surface area (Å²) in [4.78, 5) is 0. The fraction of sp³-hybridized carbons (Fsp3) is 0.143. The third-order valence-corrected chi connectivity index (χ3v) is 3.50. The van der Waals surface area contributed by atoms with Gasteiger partial charge >= 0.3 is 0 Å². The Hall–Kier alpha value is -1.13. The lowest BCUT2D eigenvalue weighted by Crippen LogP contribution is -2.03. The molecule has 0 aromatic heterocycles. The Morgan fingerprint density at radius 1 is 1.21 bits per heavy atom. The number of aryl methyl sites for hydroxylation is 1. The summed E-state index contributed by atoms with van der Waals surface area (Å²) in [6.07, 6.45) is 0. The van der Waals surface area contributed by atoms with Crippen LogP contribution in [-0.2, 0) is 6.61 Å². The molecule has 2 aromatic rings. The number of ether oxygens (including phenoxy) is 1. The van der Waals surface area contributed by atoms with Gasteiger partial charge < -0.3 is 4.74 Å². The standard InChI is InChI=1S/C14H10BrClF2O/c1-8-6-9(16)2-5-13(8)19-7-10-12(17)4-3-11(15)14(10)18/h2-6H,7H2,1H3. The molecule has 0 aliphatic carbocycles. The van der Waals surface area contributed by atoms with Crippen molar-refractivity contribution in [3.63, 3.8) is 0 Å². The van der Waals surface area contributed by atoms with Crippen LogP contribution in [0.3, 0.4) is 0 Å². The van der Waals surface area contributed by atoms with E-state index in [0.29, 0.717) is 10.8 Å². The van der Waals surface area contributed by atoms with E-state index in [1.165, 1.54) is 12.1 Å². The average molecular weight is 348 g/mol. The van der Waals surface area contributed by atoms with Crippen molar-refractivity contribution < 1.29 is 13.5 Å². The minimum Gasteiger partial charge on any atom is -0.488 e. The zero-order valence-electron chi connectivity index (χ0n) is 10.0. The van der Waals surface area contributed by atoms with Crippen molar-refractivity contribution >= 4 is 27.5 Å². The Kier molecular flexibility index (Phi) is 4.42. The summed E-state index contributed by atoms with van der Waals surface area (Å²) < 4.78 is 32.9. The molecule has 0 amide bonds. The monoisotopic (exact) mass is 346 g/mol. The van der Waals surface area contributed by atoms with Crippen LogP contribution in [0.4, 0.5) is 8.78 Å². The Morgan fingerprint density at radius 2 is 1.95 bits per heavy atom. The van der Waals surface area contributed by atoms with Crippen molar-refractivity contribution in [3.8, 4) is 5.75 Å². The predicted molar refractivity (Wildman–Crippen MR) is 74.6 cm³/mol. The molecule has 0 saturated carbocycles. The quantitative estimate of drug-likeness (QED) is 0.687. The van der Waals surface area contributed by atoms with E-state index in [0.717, 1.165) is 5.56 Å². The lowest BCUT2D eigenvalue weighted by atomic mass is 10.2. The number of hydrogen-bond donors (Lipinski definition) is 0. The zero-order valence-corrected chi connectivity index (χ0v) is 12.4. The van der Waals surface area contributed by atoms with Gasteiger partial charge in [0.1, 0.15) is 24.0 Å². The second-order valence-corrected chi connectivity index (χ2v) is 5.31. The van der Waals surface area contributed by atoms with Gasteiger partial charge in [0.25, 0.3) is 0 Å². The van der Waals surface area contributed by atoms with E-state index in [2.05, 4.69) is 15.9 Å². The number of halogens is 4. The molecule has 0 aliphatic rings. The van der Waals surface area contributed by atoms with Gasteiger partial charge in [0.2, 0.25) is 0 Å². The Balaban J connectivity index is 2.21. The number of benzene rings is 2. The van der Waals surface area contributed by atoms with Crippen molar-refractivity contribution in [1.82, 2.24) is 0 Å². The Morgan fingerprint density at radius 3 is 2.63 bits per heavy atom. The van der Waals surface area contributed by atoms with E-state index in [1.54, 1.807) is 18.2 Å². The second-order valence-electron chi connectivity index (χ2n) is 4.02. The number of hydrogen-bond acceptors (Lipinski definition) is 1. The molecule has 0 atom stereocenters. The van der Waals surface area contributed by atoms with E-state index in [4.69, 9.17) is 16.3 Å². The van der Waals surface area contributed by atoms with Gasteiger partial charge in [-0.25, -0.2) is 8.78 Å². The smallest absolute Gasteiger partial charge is 0.146 e. The zero-order chi connectivity index (χ0) is 14.0. The van der Waals surface area contributed by atoms with Crippen LogP contribution >= 0.6 is 27.5 Å². The topological polar surface area (TPSA) is 9.23 Å². The van der Waals surface area contributed by atoms with Crippen LogP contribution in [0.15, 0.2) is 34.8 Å². The highest BCUT2D eigenvalue weighted by Gasteiger charge is 2.13. The molecule has 0 fully saturated rings. The lowest BCUT2D eigenvalue weighted by molar-refractivity contribution is 0.290. The van der Waals surface area contributed by atoms with Crippen LogP contribution in [0, 0.1) is 18.6 Å². The maximum Gasteiger partial charge on any atom is 0.146 e. The summed E-state index contributed by atoms with van der Waals surface area (Å²) in [5.74, 6) is -0.734. The van der Waals surface area contributed by atoms with Crippen molar-refractivity contribution in [2.75, 3.05) is 0 Å². The van der Waals surface area contributed by atoms with Crippen LogP contribution < -0.4 is 4.74 Å². The third kappa shape index (κ3) is 3.25. The van der Waals surface area contributed by atoms with Gasteiger partial charge in [-0.3, -0.25) is 0 Å². The summed E-state index contributed by atoms with van der Waals surface area (Å²) in [5, 5.41) is 0.588. The molecule has 2 aromatic carbocycles. The lowest BCUT2D eigenvalue weighted by Gasteiger charge is -2.11. The second kappa shape index (κ2) is 5.88. The summed E-state index contributed by atoms with van der Waals surface area (Å²) in [7, 11) is 0. The maximum atomic E-state index is 13.7. The maximum absolute atomic E-state index is 13.7. The fourth-order valence-corrected chi connectivity index (χ4v) is 2.22. The van der Waals surface area contributed by atoms with E-state index in [1.807, 2.05) is 6.92 Å². The number of rotatable bonds is 3. The molecule has 0 unspecified atom stereocenters. The van der Waals surface area contributed by atoms with Gasteiger partial charge in [0.15, 0.2) is 0 Å². The van der Waals surface area contributed by atoms with Gasteiger partial charge in [-0.15, -0.1) is 0 Å². The van der Waals surface area contributed by atoms with Gasteiger partial charge in [-0.1, -0.05) is 11.6 Å². The highest BCUT2D eigenvalue weighted by molar-refractivity contribution is 9.10. The summed E-state index contributed by atoms with van der Waals surface area (Å²) >= 11 is 8.84. The molecule has 0 spiro atoms. The van der Waals surface area contributed by atoms with Gasteiger partial charge in [0.05, 0.1) is 10.0 Å². The van der Waals surface area contributed by atoms with Crippen LogP contribution in [-0.4, -0.2) is 0 Å². The first kappa shape index (κ1) is 14.3. The predicted octanol–water partition coefficient (Wildman–Crippen LogP) is 5.27. The van der Waals surface area contributed by atoms with Crippen LogP contribution in [0.25, 0.3) is 0 Å². The first-order valence-electron chi connectivity index (χ1n) is 5.50.